The third-order valence-corrected chi connectivity index (χ3v) is 7.81. The summed E-state index contributed by atoms with van der Waals surface area (Å²) < 4.78 is 42.6. The van der Waals surface area contributed by atoms with E-state index < -0.39 is 17.6 Å². The second kappa shape index (κ2) is 10.7. The van der Waals surface area contributed by atoms with Crippen LogP contribution >= 0.6 is 34.9 Å². The van der Waals surface area contributed by atoms with E-state index in [9.17, 15) is 22.8 Å². The zero-order valence-electron chi connectivity index (χ0n) is 18.1. The number of benzene rings is 2. The second-order valence-electron chi connectivity index (χ2n) is 7.20. The fraction of sp³-hybridized carbons (Fsp3) is 0.182. The summed E-state index contributed by atoms with van der Waals surface area (Å²) in [7, 11) is 1.85. The van der Waals surface area contributed by atoms with E-state index in [1.54, 1.807) is 30.6 Å². The molecular formula is C22H18F3N5O2S3. The lowest BCUT2D eigenvalue weighted by Gasteiger charge is -2.13. The maximum Gasteiger partial charge on any atom is 0.418 e. The summed E-state index contributed by atoms with van der Waals surface area (Å²) in [6.07, 6.45) is -1.09. The van der Waals surface area contributed by atoms with Gasteiger partial charge >= 0.3 is 6.18 Å². The number of anilines is 2. The van der Waals surface area contributed by atoms with Crippen molar-refractivity contribution < 1.29 is 22.8 Å². The van der Waals surface area contributed by atoms with Gasteiger partial charge in [0.25, 0.3) is 0 Å². The number of nitrogens with one attached hydrogen (secondary N) is 2. The number of thiazole rings is 1. The van der Waals surface area contributed by atoms with Gasteiger partial charge in [-0.15, -0.1) is 11.3 Å². The van der Waals surface area contributed by atoms with Gasteiger partial charge in [-0.05, 0) is 30.3 Å². The summed E-state index contributed by atoms with van der Waals surface area (Å²) in [5.74, 6) is -0.629. The van der Waals surface area contributed by atoms with Crippen molar-refractivity contribution in [3.8, 4) is 0 Å². The molecule has 2 amide bonds. The summed E-state index contributed by atoms with van der Waals surface area (Å²) in [5.41, 5.74) is 0.132. The molecule has 0 bridgehead atoms. The van der Waals surface area contributed by atoms with Gasteiger partial charge in [0.2, 0.25) is 11.8 Å². The molecule has 2 heterocycles. The fourth-order valence-corrected chi connectivity index (χ4v) is 5.65. The highest BCUT2D eigenvalue weighted by Gasteiger charge is 2.33. The molecule has 182 valence electrons. The maximum absolute atomic E-state index is 13.1. The van der Waals surface area contributed by atoms with E-state index in [0.29, 0.717) is 15.5 Å². The summed E-state index contributed by atoms with van der Waals surface area (Å²) in [6.45, 7) is 0. The highest BCUT2D eigenvalue weighted by atomic mass is 32.2. The average Bonchev–Trinajstić information content (AvgIpc) is 3.41. The number of para-hydroxylation sites is 1. The van der Waals surface area contributed by atoms with Crippen LogP contribution in [-0.2, 0) is 22.8 Å². The van der Waals surface area contributed by atoms with Crippen molar-refractivity contribution >= 4 is 68.3 Å². The molecule has 2 aromatic carbocycles. The Hall–Kier alpha value is -3.03. The average molecular weight is 538 g/mol. The van der Waals surface area contributed by atoms with Gasteiger partial charge in [0.05, 0.1) is 33.0 Å². The van der Waals surface area contributed by atoms with Crippen LogP contribution in [0.5, 0.6) is 0 Å². The number of halogens is 3. The SMILES string of the molecule is Cn1ccnc1SCC(=O)Nc1ccc2nc(SCC(=O)Nc3ccccc3C(F)(F)F)sc2c1. The number of nitrogens with zero attached hydrogens (tertiary/aromatic N) is 3. The number of carbonyl (C=O) groups is 2. The summed E-state index contributed by atoms with van der Waals surface area (Å²) in [5, 5.41) is 5.90. The second-order valence-corrected chi connectivity index (χ2v) is 10.4. The monoisotopic (exact) mass is 537 g/mol. The first kappa shape index (κ1) is 25.1. The third-order valence-electron chi connectivity index (χ3n) is 4.60. The van der Waals surface area contributed by atoms with Gasteiger partial charge < -0.3 is 15.2 Å². The number of alkyl halides is 3. The number of aryl methyl sites for hydroxylation is 1. The van der Waals surface area contributed by atoms with Gasteiger partial charge in [-0.3, -0.25) is 9.59 Å². The molecule has 0 spiro atoms. The van der Waals surface area contributed by atoms with Crippen LogP contribution in [0.25, 0.3) is 10.2 Å². The molecule has 7 nitrogen and oxygen atoms in total. The standard InChI is InChI=1S/C22H18F3N5O2S3/c1-30-9-8-26-20(30)33-11-18(31)27-13-6-7-16-17(10-13)35-21(29-16)34-12-19(32)28-15-5-3-2-4-14(15)22(23,24)25/h2-10H,11-12H2,1H3,(H,27,31)(H,28,32). The molecule has 4 aromatic rings. The van der Waals surface area contributed by atoms with Crippen molar-refractivity contribution in [3.05, 3.63) is 60.4 Å². The largest absolute Gasteiger partial charge is 0.418 e. The van der Waals surface area contributed by atoms with E-state index in [4.69, 9.17) is 0 Å². The zero-order valence-corrected chi connectivity index (χ0v) is 20.6. The Morgan fingerprint density at radius 1 is 1.06 bits per heavy atom. The number of rotatable bonds is 8. The lowest BCUT2D eigenvalue weighted by Crippen LogP contribution is -2.18. The number of thioether (sulfide) groups is 2. The van der Waals surface area contributed by atoms with E-state index in [-0.39, 0.29) is 23.1 Å². The molecule has 0 aliphatic heterocycles. The molecule has 0 radical (unpaired) electrons. The van der Waals surface area contributed by atoms with Crippen LogP contribution in [0.1, 0.15) is 5.56 Å². The van der Waals surface area contributed by atoms with Crippen molar-refractivity contribution in [3.63, 3.8) is 0 Å². The molecule has 0 aliphatic rings. The number of carbonyl (C=O) groups excluding carboxylic acids is 2. The van der Waals surface area contributed by atoms with Crippen LogP contribution in [0.15, 0.2) is 64.4 Å². The number of imidazole rings is 1. The summed E-state index contributed by atoms with van der Waals surface area (Å²) in [4.78, 5) is 33.1. The Balaban J connectivity index is 1.33. The molecule has 0 aliphatic carbocycles. The van der Waals surface area contributed by atoms with Crippen molar-refractivity contribution in [2.24, 2.45) is 7.05 Å². The van der Waals surface area contributed by atoms with Crippen LogP contribution < -0.4 is 10.6 Å². The normalized spacial score (nSPS) is 11.5. The Kier molecular flexibility index (Phi) is 7.67. The van der Waals surface area contributed by atoms with Gasteiger partial charge in [0, 0.05) is 25.1 Å². The summed E-state index contributed by atoms with van der Waals surface area (Å²) >= 11 is 3.79. The molecule has 0 saturated carbocycles. The van der Waals surface area contributed by atoms with E-state index in [0.717, 1.165) is 27.7 Å². The van der Waals surface area contributed by atoms with Gasteiger partial charge in [-0.2, -0.15) is 13.2 Å². The Morgan fingerprint density at radius 3 is 2.54 bits per heavy atom. The molecule has 0 saturated heterocycles. The molecule has 2 N–H and O–H groups in total. The first-order chi connectivity index (χ1) is 16.7. The highest BCUT2D eigenvalue weighted by Crippen LogP contribution is 2.35. The Morgan fingerprint density at radius 2 is 1.80 bits per heavy atom. The van der Waals surface area contributed by atoms with Gasteiger partial charge in [0.15, 0.2) is 9.50 Å². The maximum atomic E-state index is 13.1. The number of aromatic nitrogens is 3. The van der Waals surface area contributed by atoms with Crippen molar-refractivity contribution in [1.82, 2.24) is 14.5 Å². The van der Waals surface area contributed by atoms with Crippen LogP contribution in [0.2, 0.25) is 0 Å². The molecule has 35 heavy (non-hydrogen) atoms. The predicted octanol–water partition coefficient (Wildman–Crippen LogP) is 5.51. The van der Waals surface area contributed by atoms with Gasteiger partial charge in [0.1, 0.15) is 0 Å². The first-order valence-electron chi connectivity index (χ1n) is 10.1. The minimum Gasteiger partial charge on any atom is -0.329 e. The smallest absolute Gasteiger partial charge is 0.329 e. The van der Waals surface area contributed by atoms with Crippen LogP contribution in [0, 0.1) is 0 Å². The van der Waals surface area contributed by atoms with Crippen LogP contribution in [0.3, 0.4) is 0 Å². The highest BCUT2D eigenvalue weighted by molar-refractivity contribution is 8.01. The number of hydrogen-bond acceptors (Lipinski definition) is 7. The van der Waals surface area contributed by atoms with Gasteiger partial charge in [-0.1, -0.05) is 35.7 Å². The number of amides is 2. The minimum atomic E-state index is -4.56. The topological polar surface area (TPSA) is 88.9 Å². The molecule has 13 heteroatoms. The van der Waals surface area contributed by atoms with Crippen LogP contribution in [0.4, 0.5) is 24.5 Å². The van der Waals surface area contributed by atoms with Gasteiger partial charge in [-0.25, -0.2) is 9.97 Å². The van der Waals surface area contributed by atoms with Crippen molar-refractivity contribution in [2.75, 3.05) is 22.1 Å². The summed E-state index contributed by atoms with van der Waals surface area (Å²) in [6, 6.07) is 10.1. The first-order valence-corrected chi connectivity index (χ1v) is 12.9. The van der Waals surface area contributed by atoms with Crippen molar-refractivity contribution in [1.29, 1.82) is 0 Å². The fourth-order valence-electron chi connectivity index (χ4n) is 3.01. The van der Waals surface area contributed by atoms with E-state index in [1.165, 1.54) is 41.3 Å². The number of fused-ring (bicyclic) bond motifs is 1. The van der Waals surface area contributed by atoms with E-state index >= 15 is 0 Å². The lowest BCUT2D eigenvalue weighted by atomic mass is 10.1. The molecule has 0 fully saturated rings. The minimum absolute atomic E-state index is 0.0972. The Bertz CT molecular complexity index is 1370. The molecule has 4 rings (SSSR count). The Labute approximate surface area is 210 Å². The molecule has 2 aromatic heterocycles. The van der Waals surface area contributed by atoms with Crippen LogP contribution in [-0.4, -0.2) is 37.9 Å². The van der Waals surface area contributed by atoms with Crippen molar-refractivity contribution in [2.45, 2.75) is 15.7 Å². The van der Waals surface area contributed by atoms with E-state index in [1.807, 2.05) is 11.6 Å². The molecule has 0 unspecified atom stereocenters. The molecular weight excluding hydrogens is 519 g/mol. The predicted molar refractivity (Wildman–Crippen MR) is 133 cm³/mol. The molecule has 0 atom stereocenters. The third kappa shape index (κ3) is 6.55. The zero-order chi connectivity index (χ0) is 25.0. The van der Waals surface area contributed by atoms with E-state index in [2.05, 4.69) is 20.6 Å². The quantitative estimate of drug-likeness (QED) is 0.288. The lowest BCUT2D eigenvalue weighted by molar-refractivity contribution is -0.137. The number of hydrogen-bond donors (Lipinski definition) is 2.